The third-order valence-electron chi connectivity index (χ3n) is 5.10. The minimum Gasteiger partial charge on any atom is -0.511 e. The average molecular weight is 427 g/mol. The number of ketones is 1. The SMILES string of the molecule is Cc1cccc(C)c1NS(=O)(=O)c1ccc(N=CC2=C(O)CC(C)(C)CC2=O)cc1. The van der Waals surface area contributed by atoms with Crippen molar-refractivity contribution in [1.29, 1.82) is 0 Å². The van der Waals surface area contributed by atoms with Gasteiger partial charge in [0.25, 0.3) is 10.0 Å². The summed E-state index contributed by atoms with van der Waals surface area (Å²) >= 11 is 0. The molecular weight excluding hydrogens is 400 g/mol. The molecule has 3 rings (SSSR count). The summed E-state index contributed by atoms with van der Waals surface area (Å²) in [6, 6.07) is 11.6. The summed E-state index contributed by atoms with van der Waals surface area (Å²) in [5, 5.41) is 10.2. The first-order chi connectivity index (χ1) is 14.0. The molecule has 0 amide bonds. The zero-order valence-electron chi connectivity index (χ0n) is 17.6. The molecule has 2 N–H and O–H groups in total. The van der Waals surface area contributed by atoms with Gasteiger partial charge in [0.15, 0.2) is 5.78 Å². The van der Waals surface area contributed by atoms with Crippen LogP contribution < -0.4 is 4.72 Å². The molecule has 2 aromatic rings. The number of anilines is 1. The number of nitrogens with zero attached hydrogens (tertiary/aromatic N) is 1. The summed E-state index contributed by atoms with van der Waals surface area (Å²) in [6.07, 6.45) is 2.12. The quantitative estimate of drug-likeness (QED) is 0.657. The molecule has 0 spiro atoms. The van der Waals surface area contributed by atoms with Crippen LogP contribution in [-0.2, 0) is 14.8 Å². The second-order valence-corrected chi connectivity index (χ2v) is 10.1. The molecule has 2 aromatic carbocycles. The van der Waals surface area contributed by atoms with E-state index in [0.29, 0.717) is 24.2 Å². The van der Waals surface area contributed by atoms with Crippen LogP contribution in [0.5, 0.6) is 0 Å². The van der Waals surface area contributed by atoms with Crippen molar-refractivity contribution in [2.75, 3.05) is 4.72 Å². The van der Waals surface area contributed by atoms with E-state index < -0.39 is 10.0 Å². The predicted octanol–water partition coefficient (Wildman–Crippen LogP) is 5.01. The van der Waals surface area contributed by atoms with Crippen LogP contribution in [0.25, 0.3) is 0 Å². The molecule has 0 aliphatic heterocycles. The van der Waals surface area contributed by atoms with Crippen molar-refractivity contribution in [1.82, 2.24) is 0 Å². The van der Waals surface area contributed by atoms with Gasteiger partial charge in [-0.2, -0.15) is 0 Å². The van der Waals surface area contributed by atoms with E-state index in [9.17, 15) is 18.3 Å². The van der Waals surface area contributed by atoms with E-state index in [4.69, 9.17) is 0 Å². The fourth-order valence-corrected chi connectivity index (χ4v) is 4.67. The summed E-state index contributed by atoms with van der Waals surface area (Å²) in [4.78, 5) is 16.6. The summed E-state index contributed by atoms with van der Waals surface area (Å²) < 4.78 is 28.1. The number of aliphatic hydroxyl groups excluding tert-OH is 1. The number of nitrogens with one attached hydrogen (secondary N) is 1. The molecule has 0 heterocycles. The number of para-hydroxylation sites is 1. The number of aliphatic hydroxyl groups is 1. The summed E-state index contributed by atoms with van der Waals surface area (Å²) in [5.74, 6) is -0.110. The van der Waals surface area contributed by atoms with Gasteiger partial charge in [-0.15, -0.1) is 0 Å². The predicted molar refractivity (Wildman–Crippen MR) is 119 cm³/mol. The van der Waals surface area contributed by atoms with Crippen molar-refractivity contribution in [3.05, 3.63) is 64.9 Å². The molecule has 0 atom stereocenters. The van der Waals surface area contributed by atoms with E-state index in [1.165, 1.54) is 18.3 Å². The molecule has 6 nitrogen and oxygen atoms in total. The number of aryl methyl sites for hydroxylation is 2. The molecular formula is C23H26N2O4S. The lowest BCUT2D eigenvalue weighted by Gasteiger charge is -2.28. The van der Waals surface area contributed by atoms with E-state index in [1.807, 2.05) is 45.9 Å². The number of aliphatic imine (C=N–C) groups is 1. The molecule has 30 heavy (non-hydrogen) atoms. The molecule has 0 saturated carbocycles. The van der Waals surface area contributed by atoms with Crippen molar-refractivity contribution < 1.29 is 18.3 Å². The van der Waals surface area contributed by atoms with Crippen LogP contribution in [0, 0.1) is 19.3 Å². The van der Waals surface area contributed by atoms with Crippen LogP contribution in [0.15, 0.2) is 63.7 Å². The van der Waals surface area contributed by atoms with Crippen molar-refractivity contribution in [3.8, 4) is 0 Å². The fourth-order valence-electron chi connectivity index (χ4n) is 3.47. The number of allylic oxidation sites excluding steroid dienone is 2. The Morgan fingerprint density at radius 2 is 1.63 bits per heavy atom. The molecule has 0 aromatic heterocycles. The third kappa shape index (κ3) is 4.79. The van der Waals surface area contributed by atoms with Crippen LogP contribution in [0.1, 0.15) is 37.8 Å². The Bertz CT molecular complexity index is 1120. The Morgan fingerprint density at radius 3 is 2.20 bits per heavy atom. The highest BCUT2D eigenvalue weighted by Gasteiger charge is 2.32. The van der Waals surface area contributed by atoms with Crippen LogP contribution in [0.2, 0.25) is 0 Å². The first-order valence-corrected chi connectivity index (χ1v) is 11.2. The molecule has 0 saturated heterocycles. The van der Waals surface area contributed by atoms with Crippen LogP contribution in [-0.4, -0.2) is 25.5 Å². The maximum absolute atomic E-state index is 12.7. The van der Waals surface area contributed by atoms with E-state index in [2.05, 4.69) is 9.71 Å². The van der Waals surface area contributed by atoms with Gasteiger partial charge in [-0.3, -0.25) is 14.5 Å². The zero-order chi connectivity index (χ0) is 22.1. The van der Waals surface area contributed by atoms with Gasteiger partial charge in [-0.1, -0.05) is 32.0 Å². The minimum atomic E-state index is -3.75. The van der Waals surface area contributed by atoms with Gasteiger partial charge in [0, 0.05) is 19.1 Å². The molecule has 158 valence electrons. The van der Waals surface area contributed by atoms with E-state index in [-0.39, 0.29) is 27.4 Å². The Hall–Kier alpha value is -2.93. The standard InChI is InChI=1S/C23H26N2O4S/c1-15-6-5-7-16(2)22(15)25-30(28,29)18-10-8-17(9-11-18)24-14-19-20(26)12-23(3,4)13-21(19)27/h5-11,14,25-26H,12-13H2,1-4H3. The van der Waals surface area contributed by atoms with Gasteiger partial charge < -0.3 is 5.11 Å². The van der Waals surface area contributed by atoms with Gasteiger partial charge >= 0.3 is 0 Å². The lowest BCUT2D eigenvalue weighted by molar-refractivity contribution is -0.117. The number of rotatable bonds is 5. The normalized spacial score (nSPS) is 16.9. The topological polar surface area (TPSA) is 95.8 Å². The van der Waals surface area contributed by atoms with Gasteiger partial charge in [0.2, 0.25) is 0 Å². The number of sulfonamides is 1. The number of carbonyl (C=O) groups excluding carboxylic acids is 1. The highest BCUT2D eigenvalue weighted by atomic mass is 32.2. The number of Topliss-reactive ketones (excluding diaryl/α,β-unsaturated/α-hetero) is 1. The van der Waals surface area contributed by atoms with Crippen LogP contribution in [0.4, 0.5) is 11.4 Å². The monoisotopic (exact) mass is 426 g/mol. The van der Waals surface area contributed by atoms with Gasteiger partial charge in [0.1, 0.15) is 5.76 Å². The second kappa shape index (κ2) is 8.07. The van der Waals surface area contributed by atoms with Gasteiger partial charge in [-0.25, -0.2) is 8.42 Å². The number of benzene rings is 2. The Labute approximate surface area is 177 Å². The Kier molecular flexibility index (Phi) is 5.85. The lowest BCUT2D eigenvalue weighted by Crippen LogP contribution is -2.26. The first kappa shape index (κ1) is 21.8. The maximum atomic E-state index is 12.7. The number of hydrogen-bond donors (Lipinski definition) is 2. The van der Waals surface area contributed by atoms with Crippen LogP contribution in [0.3, 0.4) is 0 Å². The zero-order valence-corrected chi connectivity index (χ0v) is 18.4. The largest absolute Gasteiger partial charge is 0.511 e. The summed E-state index contributed by atoms with van der Waals surface area (Å²) in [5.41, 5.74) is 2.68. The van der Waals surface area contributed by atoms with E-state index in [1.54, 1.807) is 12.1 Å². The average Bonchev–Trinajstić information content (AvgIpc) is 2.64. The van der Waals surface area contributed by atoms with Gasteiger partial charge in [0.05, 0.1) is 21.8 Å². The van der Waals surface area contributed by atoms with Crippen molar-refractivity contribution in [2.45, 2.75) is 45.4 Å². The third-order valence-corrected chi connectivity index (χ3v) is 6.47. The maximum Gasteiger partial charge on any atom is 0.261 e. The highest BCUT2D eigenvalue weighted by Crippen LogP contribution is 2.35. The highest BCUT2D eigenvalue weighted by molar-refractivity contribution is 7.92. The van der Waals surface area contributed by atoms with Crippen LogP contribution >= 0.6 is 0 Å². The molecule has 0 bridgehead atoms. The van der Waals surface area contributed by atoms with Crippen molar-refractivity contribution >= 4 is 33.4 Å². The van der Waals surface area contributed by atoms with Crippen molar-refractivity contribution in [2.24, 2.45) is 10.4 Å². The molecule has 0 radical (unpaired) electrons. The van der Waals surface area contributed by atoms with E-state index >= 15 is 0 Å². The summed E-state index contributed by atoms with van der Waals surface area (Å²) in [7, 11) is -3.75. The Morgan fingerprint density at radius 1 is 1.03 bits per heavy atom. The molecule has 0 unspecified atom stereocenters. The second-order valence-electron chi connectivity index (χ2n) is 8.43. The Balaban J connectivity index is 1.80. The molecule has 0 fully saturated rings. The van der Waals surface area contributed by atoms with Gasteiger partial charge in [-0.05, 0) is 54.7 Å². The molecule has 7 heteroatoms. The minimum absolute atomic E-state index is 0.0389. The smallest absolute Gasteiger partial charge is 0.261 e. The first-order valence-electron chi connectivity index (χ1n) is 9.67. The van der Waals surface area contributed by atoms with E-state index in [0.717, 1.165) is 11.1 Å². The van der Waals surface area contributed by atoms with Crippen molar-refractivity contribution in [3.63, 3.8) is 0 Å². The fraction of sp³-hybridized carbons (Fsp3) is 0.304. The number of hydrogen-bond acceptors (Lipinski definition) is 5. The molecule has 1 aliphatic rings. The molecule has 1 aliphatic carbocycles. The summed E-state index contributed by atoms with van der Waals surface area (Å²) in [6.45, 7) is 7.56. The number of carbonyl (C=O) groups is 1. The lowest BCUT2D eigenvalue weighted by atomic mass is 9.77.